The lowest BCUT2D eigenvalue weighted by atomic mass is 10.0. The highest BCUT2D eigenvalue weighted by molar-refractivity contribution is 5.68. The van der Waals surface area contributed by atoms with Gasteiger partial charge in [0.2, 0.25) is 0 Å². The summed E-state index contributed by atoms with van der Waals surface area (Å²) < 4.78 is 2.07. The van der Waals surface area contributed by atoms with E-state index in [0.717, 1.165) is 30.8 Å². The van der Waals surface area contributed by atoms with E-state index in [0.29, 0.717) is 0 Å². The predicted octanol–water partition coefficient (Wildman–Crippen LogP) is 2.81. The lowest BCUT2D eigenvalue weighted by Crippen LogP contribution is -2.16. The van der Waals surface area contributed by atoms with E-state index in [2.05, 4.69) is 9.55 Å². The molecule has 3 rings (SSSR count). The van der Waals surface area contributed by atoms with Crippen molar-refractivity contribution >= 4 is 5.97 Å². The summed E-state index contributed by atoms with van der Waals surface area (Å²) >= 11 is 0. The number of carboxylic acids is 1. The molecule has 1 aliphatic carbocycles. The van der Waals surface area contributed by atoms with Crippen LogP contribution in [0.25, 0.3) is 11.4 Å². The smallest absolute Gasteiger partial charge is 0.303 e. The summed E-state index contributed by atoms with van der Waals surface area (Å²) in [5.41, 5.74) is 1.01. The summed E-state index contributed by atoms with van der Waals surface area (Å²) in [6.45, 7) is 0.740. The van der Waals surface area contributed by atoms with Crippen LogP contribution in [0, 0.1) is 5.41 Å². The van der Waals surface area contributed by atoms with E-state index in [4.69, 9.17) is 5.11 Å². The lowest BCUT2D eigenvalue weighted by molar-refractivity contribution is -0.138. The predicted molar refractivity (Wildman–Crippen MR) is 71.6 cm³/mol. The Bertz CT molecular complexity index is 585. The minimum Gasteiger partial charge on any atom is -0.481 e. The van der Waals surface area contributed by atoms with Crippen molar-refractivity contribution in [2.75, 3.05) is 0 Å². The third kappa shape index (κ3) is 2.52. The molecule has 19 heavy (non-hydrogen) atoms. The molecule has 98 valence electrons. The van der Waals surface area contributed by atoms with E-state index in [1.807, 2.05) is 36.5 Å². The fraction of sp³-hybridized carbons (Fsp3) is 0.333. The molecule has 0 aliphatic heterocycles. The van der Waals surface area contributed by atoms with Crippen LogP contribution in [0.1, 0.15) is 19.3 Å². The Balaban J connectivity index is 1.84. The average Bonchev–Trinajstić information content (AvgIpc) is 2.98. The van der Waals surface area contributed by atoms with Gasteiger partial charge in [-0.25, -0.2) is 4.98 Å². The molecule has 1 N–H and O–H groups in total. The van der Waals surface area contributed by atoms with Crippen molar-refractivity contribution in [3.63, 3.8) is 0 Å². The molecule has 4 heteroatoms. The SMILES string of the molecule is O=C(O)CC1(Cn2ccnc2-c2ccccc2)CC1. The number of imidazole rings is 1. The molecule has 4 nitrogen and oxygen atoms in total. The maximum absolute atomic E-state index is 10.9. The Labute approximate surface area is 111 Å². The number of benzene rings is 1. The summed E-state index contributed by atoms with van der Waals surface area (Å²) in [6.07, 6.45) is 5.94. The maximum Gasteiger partial charge on any atom is 0.303 e. The number of nitrogens with zero attached hydrogens (tertiary/aromatic N) is 2. The molecule has 0 bridgehead atoms. The zero-order valence-electron chi connectivity index (χ0n) is 10.6. The van der Waals surface area contributed by atoms with Crippen molar-refractivity contribution in [3.05, 3.63) is 42.7 Å². The van der Waals surface area contributed by atoms with Gasteiger partial charge in [-0.05, 0) is 18.3 Å². The number of carbonyl (C=O) groups is 1. The van der Waals surface area contributed by atoms with Crippen LogP contribution >= 0.6 is 0 Å². The number of aliphatic carboxylic acids is 1. The van der Waals surface area contributed by atoms with Crippen LogP contribution in [0.15, 0.2) is 42.7 Å². The van der Waals surface area contributed by atoms with E-state index in [1.54, 1.807) is 6.20 Å². The van der Waals surface area contributed by atoms with Crippen molar-refractivity contribution in [1.29, 1.82) is 0 Å². The summed E-state index contributed by atoms with van der Waals surface area (Å²) in [7, 11) is 0. The summed E-state index contributed by atoms with van der Waals surface area (Å²) in [6, 6.07) is 9.99. The van der Waals surface area contributed by atoms with Gasteiger partial charge in [-0.1, -0.05) is 30.3 Å². The van der Waals surface area contributed by atoms with E-state index in [9.17, 15) is 4.79 Å². The zero-order chi connectivity index (χ0) is 13.3. The van der Waals surface area contributed by atoms with Crippen LogP contribution in [0.3, 0.4) is 0 Å². The van der Waals surface area contributed by atoms with Crippen molar-refractivity contribution in [2.24, 2.45) is 5.41 Å². The standard InChI is InChI=1S/C15H16N2O2/c18-13(19)10-15(6-7-15)11-17-9-8-16-14(17)12-4-2-1-3-5-12/h1-5,8-9H,6-7,10-11H2,(H,18,19). The van der Waals surface area contributed by atoms with E-state index >= 15 is 0 Å². The molecular weight excluding hydrogens is 240 g/mol. The topological polar surface area (TPSA) is 55.1 Å². The molecule has 1 heterocycles. The van der Waals surface area contributed by atoms with Crippen molar-refractivity contribution in [3.8, 4) is 11.4 Å². The second kappa shape index (κ2) is 4.53. The Morgan fingerprint density at radius 3 is 2.68 bits per heavy atom. The van der Waals surface area contributed by atoms with E-state index < -0.39 is 5.97 Å². The van der Waals surface area contributed by atoms with Crippen molar-refractivity contribution < 1.29 is 9.90 Å². The first kappa shape index (κ1) is 12.0. The highest BCUT2D eigenvalue weighted by atomic mass is 16.4. The van der Waals surface area contributed by atoms with Crippen LogP contribution in [0.4, 0.5) is 0 Å². The largest absolute Gasteiger partial charge is 0.481 e. The molecule has 1 aromatic heterocycles. The minimum absolute atomic E-state index is 0.0595. The van der Waals surface area contributed by atoms with Crippen molar-refractivity contribution in [1.82, 2.24) is 9.55 Å². The molecule has 1 aromatic carbocycles. The molecule has 0 unspecified atom stereocenters. The number of aromatic nitrogens is 2. The molecule has 0 spiro atoms. The molecule has 0 atom stereocenters. The molecule has 1 saturated carbocycles. The van der Waals surface area contributed by atoms with Gasteiger partial charge in [-0.15, -0.1) is 0 Å². The molecule has 1 aliphatic rings. The molecule has 0 saturated heterocycles. The Hall–Kier alpha value is -2.10. The van der Waals surface area contributed by atoms with E-state index in [-0.39, 0.29) is 11.8 Å². The highest BCUT2D eigenvalue weighted by Crippen LogP contribution is 2.50. The zero-order valence-corrected chi connectivity index (χ0v) is 10.6. The van der Waals surface area contributed by atoms with Gasteiger partial charge in [0.1, 0.15) is 5.82 Å². The third-order valence-corrected chi connectivity index (χ3v) is 3.74. The number of hydrogen-bond acceptors (Lipinski definition) is 2. The maximum atomic E-state index is 10.9. The highest BCUT2D eigenvalue weighted by Gasteiger charge is 2.44. The Morgan fingerprint density at radius 2 is 2.05 bits per heavy atom. The molecule has 1 fully saturated rings. The monoisotopic (exact) mass is 256 g/mol. The second-order valence-corrected chi connectivity index (χ2v) is 5.32. The van der Waals surface area contributed by atoms with Gasteiger partial charge in [0.25, 0.3) is 0 Å². The summed E-state index contributed by atoms with van der Waals surface area (Å²) in [5, 5.41) is 8.98. The van der Waals surface area contributed by atoms with Crippen LogP contribution < -0.4 is 0 Å². The molecule has 2 aromatic rings. The fourth-order valence-corrected chi connectivity index (χ4v) is 2.53. The third-order valence-electron chi connectivity index (χ3n) is 3.74. The normalized spacial score (nSPS) is 16.2. The summed E-state index contributed by atoms with van der Waals surface area (Å²) in [5.74, 6) is 0.205. The average molecular weight is 256 g/mol. The molecule has 0 amide bonds. The number of hydrogen-bond donors (Lipinski definition) is 1. The molecule has 0 radical (unpaired) electrons. The van der Waals surface area contributed by atoms with Gasteiger partial charge < -0.3 is 9.67 Å². The van der Waals surface area contributed by atoms with Crippen LogP contribution in [0.5, 0.6) is 0 Å². The number of rotatable bonds is 5. The minimum atomic E-state index is -0.709. The van der Waals surface area contributed by atoms with Crippen LogP contribution in [-0.2, 0) is 11.3 Å². The fourth-order valence-electron chi connectivity index (χ4n) is 2.53. The summed E-state index contributed by atoms with van der Waals surface area (Å²) in [4.78, 5) is 15.3. The first-order valence-corrected chi connectivity index (χ1v) is 6.47. The van der Waals surface area contributed by atoms with Gasteiger partial charge >= 0.3 is 5.97 Å². The van der Waals surface area contributed by atoms with E-state index in [1.165, 1.54) is 0 Å². The Morgan fingerprint density at radius 1 is 1.32 bits per heavy atom. The number of carboxylic acid groups (broad SMARTS) is 1. The van der Waals surface area contributed by atoms with Crippen molar-refractivity contribution in [2.45, 2.75) is 25.8 Å². The first-order valence-electron chi connectivity index (χ1n) is 6.47. The van der Waals surface area contributed by atoms with Gasteiger partial charge in [-0.2, -0.15) is 0 Å². The van der Waals surface area contributed by atoms with Gasteiger partial charge in [0.05, 0.1) is 6.42 Å². The van der Waals surface area contributed by atoms with Gasteiger partial charge in [0, 0.05) is 24.5 Å². The van der Waals surface area contributed by atoms with Gasteiger partial charge in [0.15, 0.2) is 0 Å². The van der Waals surface area contributed by atoms with Crippen LogP contribution in [0.2, 0.25) is 0 Å². The Kier molecular flexibility index (Phi) is 2.85. The second-order valence-electron chi connectivity index (χ2n) is 5.32. The van der Waals surface area contributed by atoms with Gasteiger partial charge in [-0.3, -0.25) is 4.79 Å². The quantitative estimate of drug-likeness (QED) is 0.895. The van der Waals surface area contributed by atoms with Crippen LogP contribution in [-0.4, -0.2) is 20.6 Å². The molecular formula is C15H16N2O2. The first-order chi connectivity index (χ1) is 9.19. The lowest BCUT2D eigenvalue weighted by Gasteiger charge is -2.15.